The standard InChI is InChI=1S/C24H27FO/c1-24-13-12-20-19-9-7-18(26)14-16(19)4-8-21(20)23(24)11-10-22(24)15-2-5-17(25)6-3-15/h2-3,5-7,9,14,20-23,26H,4,8,10-13H2,1H3/t20-,21-,22-,23+,24-/m1/s1. The lowest BCUT2D eigenvalue weighted by Crippen LogP contribution is -2.41. The monoisotopic (exact) mass is 350 g/mol. The van der Waals surface area contributed by atoms with E-state index < -0.39 is 0 Å². The van der Waals surface area contributed by atoms with Crippen LogP contribution < -0.4 is 0 Å². The highest BCUT2D eigenvalue weighted by Crippen LogP contribution is 2.65. The van der Waals surface area contributed by atoms with Gasteiger partial charge in [-0.1, -0.05) is 25.1 Å². The van der Waals surface area contributed by atoms with Crippen LogP contribution in [0.15, 0.2) is 42.5 Å². The fourth-order valence-corrected chi connectivity index (χ4v) is 6.81. The van der Waals surface area contributed by atoms with E-state index in [1.165, 1.54) is 48.8 Å². The molecular formula is C24H27FO. The van der Waals surface area contributed by atoms with Crippen LogP contribution in [0, 0.1) is 23.1 Å². The third-order valence-corrected chi connectivity index (χ3v) is 7.98. The van der Waals surface area contributed by atoms with Gasteiger partial charge in [0.1, 0.15) is 11.6 Å². The van der Waals surface area contributed by atoms with E-state index in [2.05, 4.69) is 13.0 Å². The van der Waals surface area contributed by atoms with Crippen molar-refractivity contribution in [3.63, 3.8) is 0 Å². The number of rotatable bonds is 1. The van der Waals surface area contributed by atoms with Gasteiger partial charge in [0, 0.05) is 0 Å². The van der Waals surface area contributed by atoms with E-state index in [1.54, 1.807) is 12.1 Å². The number of phenols is 1. The van der Waals surface area contributed by atoms with Crippen molar-refractivity contribution < 1.29 is 9.50 Å². The zero-order valence-electron chi connectivity index (χ0n) is 15.4. The summed E-state index contributed by atoms with van der Waals surface area (Å²) in [5, 5.41) is 9.83. The molecule has 0 heterocycles. The van der Waals surface area contributed by atoms with E-state index in [9.17, 15) is 9.50 Å². The highest BCUT2D eigenvalue weighted by molar-refractivity contribution is 5.40. The summed E-state index contributed by atoms with van der Waals surface area (Å²) < 4.78 is 13.4. The predicted molar refractivity (Wildman–Crippen MR) is 102 cm³/mol. The smallest absolute Gasteiger partial charge is 0.123 e. The third kappa shape index (κ3) is 2.34. The lowest BCUT2D eigenvalue weighted by atomic mass is 9.53. The second-order valence-corrected chi connectivity index (χ2v) is 9.02. The van der Waals surface area contributed by atoms with Gasteiger partial charge in [-0.2, -0.15) is 0 Å². The van der Waals surface area contributed by atoms with Gasteiger partial charge >= 0.3 is 0 Å². The average molecular weight is 350 g/mol. The summed E-state index contributed by atoms with van der Waals surface area (Å²) in [6.45, 7) is 2.50. The summed E-state index contributed by atoms with van der Waals surface area (Å²) in [6.07, 6.45) is 7.37. The number of phenolic OH excluding ortho intramolecular Hbond substituents is 1. The summed E-state index contributed by atoms with van der Waals surface area (Å²) in [5.74, 6) is 3.01. The van der Waals surface area contributed by atoms with Gasteiger partial charge in [-0.3, -0.25) is 0 Å². The Morgan fingerprint density at radius 3 is 2.62 bits per heavy atom. The maximum atomic E-state index is 13.4. The quantitative estimate of drug-likeness (QED) is 0.652. The van der Waals surface area contributed by atoms with Gasteiger partial charge < -0.3 is 5.11 Å². The van der Waals surface area contributed by atoms with Gasteiger partial charge in [-0.15, -0.1) is 0 Å². The van der Waals surface area contributed by atoms with E-state index in [0.717, 1.165) is 18.3 Å². The number of hydrogen-bond donors (Lipinski definition) is 1. The Hall–Kier alpha value is -1.83. The minimum atomic E-state index is -0.135. The number of fused-ring (bicyclic) bond motifs is 5. The largest absolute Gasteiger partial charge is 0.508 e. The van der Waals surface area contributed by atoms with Crippen LogP contribution in [0.5, 0.6) is 5.75 Å². The first-order valence-electron chi connectivity index (χ1n) is 10.1. The molecule has 3 aliphatic carbocycles. The first-order valence-corrected chi connectivity index (χ1v) is 10.1. The Morgan fingerprint density at radius 2 is 1.81 bits per heavy atom. The Morgan fingerprint density at radius 1 is 1.00 bits per heavy atom. The molecule has 0 spiro atoms. The topological polar surface area (TPSA) is 20.2 Å². The molecule has 0 bridgehead atoms. The highest BCUT2D eigenvalue weighted by Gasteiger charge is 2.54. The van der Waals surface area contributed by atoms with Crippen molar-refractivity contribution in [3.8, 4) is 5.75 Å². The molecule has 5 rings (SSSR count). The van der Waals surface area contributed by atoms with Gasteiger partial charge in [0.15, 0.2) is 0 Å². The predicted octanol–water partition coefficient (Wildman–Crippen LogP) is 6.17. The van der Waals surface area contributed by atoms with Crippen LogP contribution in [0.25, 0.3) is 0 Å². The summed E-state index contributed by atoms with van der Waals surface area (Å²) in [7, 11) is 0. The zero-order valence-corrected chi connectivity index (χ0v) is 15.4. The molecule has 0 saturated heterocycles. The summed E-state index contributed by atoms with van der Waals surface area (Å²) in [6, 6.07) is 13.3. The summed E-state index contributed by atoms with van der Waals surface area (Å²) in [5.41, 5.74) is 4.53. The lowest BCUT2D eigenvalue weighted by molar-refractivity contribution is 0.0481. The van der Waals surface area contributed by atoms with Gasteiger partial charge in [-0.25, -0.2) is 4.39 Å². The van der Waals surface area contributed by atoms with Crippen LogP contribution in [0.4, 0.5) is 4.39 Å². The molecule has 0 radical (unpaired) electrons. The minimum Gasteiger partial charge on any atom is -0.508 e. The molecule has 2 fully saturated rings. The van der Waals surface area contributed by atoms with Gasteiger partial charge in [-0.05, 0) is 109 Å². The van der Waals surface area contributed by atoms with Crippen molar-refractivity contribution >= 4 is 0 Å². The number of aryl methyl sites for hydroxylation is 1. The molecule has 0 aromatic heterocycles. The second kappa shape index (κ2) is 5.84. The van der Waals surface area contributed by atoms with Gasteiger partial charge in [0.25, 0.3) is 0 Å². The Balaban J connectivity index is 1.47. The minimum absolute atomic E-state index is 0.135. The Kier molecular flexibility index (Phi) is 3.67. The number of benzene rings is 2. The SMILES string of the molecule is C[C@]12CC[C@@H]3c4ccc(O)cc4CC[C@H]3[C@@H]1CC[C@@H]2c1ccc(F)cc1. The van der Waals surface area contributed by atoms with Crippen LogP contribution in [0.3, 0.4) is 0 Å². The third-order valence-electron chi connectivity index (χ3n) is 7.98. The van der Waals surface area contributed by atoms with Crippen molar-refractivity contribution in [3.05, 3.63) is 65.0 Å². The van der Waals surface area contributed by atoms with E-state index in [4.69, 9.17) is 0 Å². The van der Waals surface area contributed by atoms with E-state index in [-0.39, 0.29) is 5.82 Å². The van der Waals surface area contributed by atoms with E-state index >= 15 is 0 Å². The van der Waals surface area contributed by atoms with Crippen molar-refractivity contribution in [2.75, 3.05) is 0 Å². The van der Waals surface area contributed by atoms with Gasteiger partial charge in [0.2, 0.25) is 0 Å². The molecule has 2 aromatic carbocycles. The van der Waals surface area contributed by atoms with Crippen LogP contribution in [0.2, 0.25) is 0 Å². The van der Waals surface area contributed by atoms with Gasteiger partial charge in [0.05, 0.1) is 0 Å². The molecule has 3 aliphatic rings. The summed E-state index contributed by atoms with van der Waals surface area (Å²) in [4.78, 5) is 0. The van der Waals surface area contributed by atoms with Crippen LogP contribution >= 0.6 is 0 Å². The second-order valence-electron chi connectivity index (χ2n) is 9.02. The molecule has 0 unspecified atom stereocenters. The lowest BCUT2D eigenvalue weighted by Gasteiger charge is -2.51. The fraction of sp³-hybridized carbons (Fsp3) is 0.500. The van der Waals surface area contributed by atoms with Crippen molar-refractivity contribution in [2.45, 2.75) is 57.3 Å². The van der Waals surface area contributed by atoms with Crippen LogP contribution in [0.1, 0.15) is 67.6 Å². The maximum absolute atomic E-state index is 13.4. The molecule has 2 heteroatoms. The molecule has 0 aliphatic heterocycles. The Bertz CT molecular complexity index is 827. The van der Waals surface area contributed by atoms with Crippen molar-refractivity contribution in [1.82, 2.24) is 0 Å². The molecule has 2 aromatic rings. The van der Waals surface area contributed by atoms with E-state index in [1.807, 2.05) is 24.3 Å². The first kappa shape index (κ1) is 16.4. The van der Waals surface area contributed by atoms with Crippen LogP contribution in [-0.4, -0.2) is 5.11 Å². The molecule has 136 valence electrons. The molecular weight excluding hydrogens is 323 g/mol. The fourth-order valence-electron chi connectivity index (χ4n) is 6.81. The number of aromatic hydroxyl groups is 1. The Labute approximate surface area is 155 Å². The van der Waals surface area contributed by atoms with Crippen LogP contribution in [-0.2, 0) is 6.42 Å². The van der Waals surface area contributed by atoms with E-state index in [0.29, 0.717) is 23.0 Å². The first-order chi connectivity index (χ1) is 12.6. The normalized spacial score (nSPS) is 35.5. The number of halogens is 1. The maximum Gasteiger partial charge on any atom is 0.123 e. The number of hydrogen-bond acceptors (Lipinski definition) is 1. The molecule has 1 N–H and O–H groups in total. The highest BCUT2D eigenvalue weighted by atomic mass is 19.1. The van der Waals surface area contributed by atoms with Crippen molar-refractivity contribution in [1.29, 1.82) is 0 Å². The molecule has 0 amide bonds. The average Bonchev–Trinajstić information content (AvgIpc) is 2.99. The molecule has 26 heavy (non-hydrogen) atoms. The molecule has 1 nitrogen and oxygen atoms in total. The molecule has 2 saturated carbocycles. The van der Waals surface area contributed by atoms with Crippen molar-refractivity contribution in [2.24, 2.45) is 17.3 Å². The molecule has 5 atom stereocenters. The summed E-state index contributed by atoms with van der Waals surface area (Å²) >= 11 is 0. The zero-order chi connectivity index (χ0) is 17.9.